The van der Waals surface area contributed by atoms with E-state index in [-0.39, 0.29) is 17.6 Å². The fraction of sp³-hybridized carbons (Fsp3) is 0.400. The van der Waals surface area contributed by atoms with Gasteiger partial charge in [0.25, 0.3) is 11.7 Å². The number of quaternary nitrogens is 1. The number of nitrogens with two attached hydrogens (primary N) is 1. The molecule has 2 N–H and O–H groups in total. The lowest BCUT2D eigenvalue weighted by Gasteiger charge is -2.35. The largest absolute Gasteiger partial charge is 0.439 e. The van der Waals surface area contributed by atoms with Crippen LogP contribution in [0.4, 0.5) is 15.7 Å². The van der Waals surface area contributed by atoms with Gasteiger partial charge < -0.3 is 5.73 Å². The van der Waals surface area contributed by atoms with Gasteiger partial charge in [0.05, 0.1) is 7.05 Å². The Hall–Kier alpha value is -2.79. The van der Waals surface area contributed by atoms with Crippen molar-refractivity contribution in [3.8, 4) is 0 Å². The summed E-state index contributed by atoms with van der Waals surface area (Å²) in [5, 5.41) is 2.11. The Bertz CT molecular complexity index is 973. The normalized spacial score (nSPS) is 20.0. The molecule has 0 bridgehead atoms. The summed E-state index contributed by atoms with van der Waals surface area (Å²) in [5.41, 5.74) is 4.67. The molecule has 0 saturated heterocycles. The standard InChI is InChI=1S/C15H18N6O4S/c1-8(2)20-11-10(19(14(20)24)7-9(16)22)12(23)18(3)15(25)21(11,4)13-17-5-6-26-13/h5-6,8H,7H2,1-4H3,(H-,16,22)/p+1. The molecule has 0 fully saturated rings. The average Bonchev–Trinajstić information content (AvgIpc) is 3.19. The summed E-state index contributed by atoms with van der Waals surface area (Å²) in [6, 6.07) is -0.894. The third kappa shape index (κ3) is 2.24. The number of primary amides is 1. The molecule has 4 amide bonds. The van der Waals surface area contributed by atoms with Gasteiger partial charge in [0.2, 0.25) is 5.91 Å². The molecule has 1 unspecified atom stereocenters. The molecule has 11 heteroatoms. The van der Waals surface area contributed by atoms with Gasteiger partial charge >= 0.3 is 16.9 Å². The molecule has 3 rings (SSSR count). The molecule has 138 valence electrons. The van der Waals surface area contributed by atoms with Crippen molar-refractivity contribution >= 4 is 40.1 Å². The zero-order chi connectivity index (χ0) is 19.4. The number of carbonyl (C=O) groups excluding carboxylic acids is 3. The minimum absolute atomic E-state index is 0.0256. The summed E-state index contributed by atoms with van der Waals surface area (Å²) in [5.74, 6) is -1.23. The summed E-state index contributed by atoms with van der Waals surface area (Å²) in [7, 11) is 2.92. The Morgan fingerprint density at radius 2 is 2.00 bits per heavy atom. The molecule has 2 aromatic heterocycles. The van der Waals surface area contributed by atoms with Crippen molar-refractivity contribution in [1.82, 2.24) is 23.5 Å². The van der Waals surface area contributed by atoms with Gasteiger partial charge in [-0.05, 0) is 13.8 Å². The van der Waals surface area contributed by atoms with Crippen LogP contribution >= 0.6 is 11.3 Å². The maximum atomic E-state index is 13.1. The summed E-state index contributed by atoms with van der Waals surface area (Å²) in [4.78, 5) is 55.5. The van der Waals surface area contributed by atoms with E-state index in [1.165, 1.54) is 23.0 Å². The zero-order valence-electron chi connectivity index (χ0n) is 14.8. The molecule has 0 saturated carbocycles. The Kier molecular flexibility index (Phi) is 4.08. The molecule has 2 aromatic rings. The second-order valence-electron chi connectivity index (χ2n) is 6.44. The number of nitrogens with zero attached hydrogens (tertiary/aromatic N) is 5. The van der Waals surface area contributed by atoms with E-state index in [2.05, 4.69) is 4.98 Å². The third-order valence-corrected chi connectivity index (χ3v) is 5.32. The molecule has 1 aliphatic heterocycles. The molecule has 26 heavy (non-hydrogen) atoms. The number of imide groups is 1. The third-order valence-electron chi connectivity index (χ3n) is 4.38. The van der Waals surface area contributed by atoms with Gasteiger partial charge in [-0.25, -0.2) is 19.1 Å². The van der Waals surface area contributed by atoms with E-state index in [1.807, 2.05) is 0 Å². The smallest absolute Gasteiger partial charge is 0.368 e. The lowest BCUT2D eigenvalue weighted by molar-refractivity contribution is -0.118. The highest BCUT2D eigenvalue weighted by molar-refractivity contribution is 7.13. The number of rotatable bonds is 4. The topological polar surface area (TPSA) is 120 Å². The number of amides is 4. The van der Waals surface area contributed by atoms with Crippen LogP contribution in [0.3, 0.4) is 0 Å². The second kappa shape index (κ2) is 5.88. The quantitative estimate of drug-likeness (QED) is 0.782. The molecule has 0 aromatic carbocycles. The number of hydrogen-bond donors (Lipinski definition) is 1. The lowest BCUT2D eigenvalue weighted by Crippen LogP contribution is -2.59. The fourth-order valence-corrected chi connectivity index (χ4v) is 3.94. The average molecular weight is 379 g/mol. The van der Waals surface area contributed by atoms with Crippen molar-refractivity contribution in [3.63, 3.8) is 0 Å². The molecular formula is C15H19N6O4S+. The molecule has 1 aliphatic rings. The highest BCUT2D eigenvalue weighted by Crippen LogP contribution is 2.42. The molecular weight excluding hydrogens is 360 g/mol. The highest BCUT2D eigenvalue weighted by Gasteiger charge is 2.56. The van der Waals surface area contributed by atoms with E-state index in [0.717, 1.165) is 9.47 Å². The Balaban J connectivity index is 2.48. The monoisotopic (exact) mass is 379 g/mol. The number of imidazole rings is 1. The van der Waals surface area contributed by atoms with E-state index in [9.17, 15) is 19.2 Å². The maximum absolute atomic E-state index is 13.1. The molecule has 0 aliphatic carbocycles. The van der Waals surface area contributed by atoms with Gasteiger partial charge in [-0.1, -0.05) is 11.3 Å². The van der Waals surface area contributed by atoms with Crippen LogP contribution in [0.15, 0.2) is 16.4 Å². The SMILES string of the molecule is CC(C)n1c2c(n(CC(N)=O)c1=O)C(=O)N(C)C(=O)[N+]2(C)c1nccs1. The number of fused-ring (bicyclic) bond motifs is 1. The van der Waals surface area contributed by atoms with Gasteiger partial charge in [0, 0.05) is 24.7 Å². The van der Waals surface area contributed by atoms with Crippen LogP contribution in [0.5, 0.6) is 0 Å². The Labute approximate surface area is 152 Å². The summed E-state index contributed by atoms with van der Waals surface area (Å²) >= 11 is 1.23. The minimum atomic E-state index is -0.758. The van der Waals surface area contributed by atoms with Crippen LogP contribution in [0.1, 0.15) is 30.4 Å². The predicted octanol–water partition coefficient (Wildman–Crippen LogP) is 0.647. The van der Waals surface area contributed by atoms with Gasteiger partial charge in [0.15, 0.2) is 5.69 Å². The molecule has 10 nitrogen and oxygen atoms in total. The van der Waals surface area contributed by atoms with Gasteiger partial charge in [-0.3, -0.25) is 14.2 Å². The fourth-order valence-electron chi connectivity index (χ4n) is 3.20. The van der Waals surface area contributed by atoms with E-state index >= 15 is 0 Å². The molecule has 0 radical (unpaired) electrons. The van der Waals surface area contributed by atoms with E-state index in [1.54, 1.807) is 32.5 Å². The van der Waals surface area contributed by atoms with Crippen molar-refractivity contribution in [3.05, 3.63) is 27.8 Å². The minimum Gasteiger partial charge on any atom is -0.368 e. The van der Waals surface area contributed by atoms with Gasteiger partial charge in [0.1, 0.15) is 6.54 Å². The van der Waals surface area contributed by atoms with Crippen LogP contribution in [-0.2, 0) is 11.3 Å². The van der Waals surface area contributed by atoms with E-state index in [0.29, 0.717) is 5.13 Å². The zero-order valence-corrected chi connectivity index (χ0v) is 15.6. The summed E-state index contributed by atoms with van der Waals surface area (Å²) in [6.45, 7) is 3.07. The Morgan fingerprint density at radius 3 is 2.50 bits per heavy atom. The van der Waals surface area contributed by atoms with Crippen LogP contribution in [-0.4, -0.2) is 51.0 Å². The predicted molar refractivity (Wildman–Crippen MR) is 95.3 cm³/mol. The van der Waals surface area contributed by atoms with E-state index < -0.39 is 34.6 Å². The molecule has 0 spiro atoms. The van der Waals surface area contributed by atoms with Crippen LogP contribution in [0, 0.1) is 0 Å². The maximum Gasteiger partial charge on any atom is 0.439 e. The van der Waals surface area contributed by atoms with Crippen LogP contribution in [0.25, 0.3) is 0 Å². The number of urea groups is 1. The first kappa shape index (κ1) is 18.0. The summed E-state index contributed by atoms with van der Waals surface area (Å²) in [6.07, 6.45) is 1.55. The number of carbonyl (C=O) groups is 3. The number of hydrogen-bond acceptors (Lipinski definition) is 6. The first-order valence-electron chi connectivity index (χ1n) is 7.85. The summed E-state index contributed by atoms with van der Waals surface area (Å²) < 4.78 is 1.91. The first-order chi connectivity index (χ1) is 12.1. The van der Waals surface area contributed by atoms with Crippen molar-refractivity contribution in [2.75, 3.05) is 14.1 Å². The van der Waals surface area contributed by atoms with Crippen LogP contribution < -0.4 is 15.9 Å². The van der Waals surface area contributed by atoms with Gasteiger partial charge in [-0.2, -0.15) is 4.98 Å². The van der Waals surface area contributed by atoms with Crippen molar-refractivity contribution in [1.29, 1.82) is 0 Å². The lowest BCUT2D eigenvalue weighted by atomic mass is 10.2. The molecule has 3 heterocycles. The van der Waals surface area contributed by atoms with Crippen molar-refractivity contribution in [2.24, 2.45) is 5.73 Å². The number of aromatic nitrogens is 3. The highest BCUT2D eigenvalue weighted by atomic mass is 32.1. The number of thiazole rings is 1. The second-order valence-corrected chi connectivity index (χ2v) is 7.31. The van der Waals surface area contributed by atoms with Crippen LogP contribution in [0.2, 0.25) is 0 Å². The Morgan fingerprint density at radius 1 is 1.35 bits per heavy atom. The molecule has 1 atom stereocenters. The van der Waals surface area contributed by atoms with Gasteiger partial charge in [-0.15, -0.1) is 4.48 Å². The van der Waals surface area contributed by atoms with Crippen molar-refractivity contribution < 1.29 is 14.4 Å². The van der Waals surface area contributed by atoms with E-state index in [4.69, 9.17) is 5.73 Å². The van der Waals surface area contributed by atoms with Crippen molar-refractivity contribution in [2.45, 2.75) is 26.4 Å². The first-order valence-corrected chi connectivity index (χ1v) is 8.73.